The van der Waals surface area contributed by atoms with E-state index in [-0.39, 0.29) is 5.41 Å². The smallest absolute Gasteiger partial charge is 0.0485 e. The quantitative estimate of drug-likeness (QED) is 0.272. The van der Waals surface area contributed by atoms with Gasteiger partial charge in [-0.25, -0.2) is 0 Å². The van der Waals surface area contributed by atoms with E-state index in [9.17, 15) is 0 Å². The highest BCUT2D eigenvalue weighted by molar-refractivity contribution is 5.55. The molecule has 0 heterocycles. The van der Waals surface area contributed by atoms with Crippen molar-refractivity contribution in [2.75, 3.05) is 0 Å². The summed E-state index contributed by atoms with van der Waals surface area (Å²) in [5.41, 5.74) is 6.04. The van der Waals surface area contributed by atoms with E-state index >= 15 is 0 Å². The fourth-order valence-corrected chi connectivity index (χ4v) is 8.95. The number of benzene rings is 3. The highest BCUT2D eigenvalue weighted by Gasteiger charge is 2.51. The van der Waals surface area contributed by atoms with E-state index in [1.807, 2.05) is 0 Å². The maximum atomic E-state index is 2.54. The summed E-state index contributed by atoms with van der Waals surface area (Å²) in [6.07, 6.45) is 8.03. The Bertz CT molecular complexity index is 1130. The second-order valence-corrected chi connectivity index (χ2v) is 14.0. The Kier molecular flexibility index (Phi) is 8.70. The monoisotopic (exact) mass is 520 g/mol. The third kappa shape index (κ3) is 5.38. The molecule has 2 saturated carbocycles. The van der Waals surface area contributed by atoms with Crippen molar-refractivity contribution < 1.29 is 0 Å². The van der Waals surface area contributed by atoms with E-state index < -0.39 is 0 Å². The molecule has 0 spiro atoms. The van der Waals surface area contributed by atoms with Crippen molar-refractivity contribution in [1.29, 1.82) is 0 Å². The summed E-state index contributed by atoms with van der Waals surface area (Å²) in [5, 5.41) is 0. The molecule has 0 N–H and O–H groups in total. The van der Waals surface area contributed by atoms with Crippen LogP contribution in [-0.4, -0.2) is 0 Å². The summed E-state index contributed by atoms with van der Waals surface area (Å²) in [6, 6.07) is 33.1. The first-order chi connectivity index (χ1) is 18.8. The minimum absolute atomic E-state index is 0.162. The lowest BCUT2D eigenvalue weighted by Gasteiger charge is -2.52. The van der Waals surface area contributed by atoms with Crippen LogP contribution in [0.5, 0.6) is 0 Å². The lowest BCUT2D eigenvalue weighted by atomic mass is 9.51. The van der Waals surface area contributed by atoms with E-state index in [1.54, 1.807) is 11.1 Å². The fourth-order valence-electron chi connectivity index (χ4n) is 8.95. The van der Waals surface area contributed by atoms with Gasteiger partial charge in [-0.1, -0.05) is 139 Å². The van der Waals surface area contributed by atoms with Crippen molar-refractivity contribution in [3.63, 3.8) is 0 Å². The van der Waals surface area contributed by atoms with Crippen LogP contribution >= 0.6 is 0 Å². The molecule has 6 atom stereocenters. The van der Waals surface area contributed by atoms with Crippen LogP contribution in [0.25, 0.3) is 0 Å². The molecule has 0 aromatic heterocycles. The molecule has 2 aliphatic carbocycles. The highest BCUT2D eigenvalue weighted by Crippen LogP contribution is 2.57. The van der Waals surface area contributed by atoms with Crippen molar-refractivity contribution in [1.82, 2.24) is 0 Å². The number of hydrogen-bond donors (Lipinski definition) is 0. The summed E-state index contributed by atoms with van der Waals surface area (Å²) in [6.45, 7) is 14.9. The van der Waals surface area contributed by atoms with Crippen LogP contribution in [0.2, 0.25) is 0 Å². The van der Waals surface area contributed by atoms with Gasteiger partial charge in [-0.3, -0.25) is 0 Å². The Labute approximate surface area is 239 Å². The molecule has 208 valence electrons. The molecule has 6 unspecified atom stereocenters. The third-order valence-corrected chi connectivity index (χ3v) is 10.8. The number of rotatable bonds is 7. The summed E-state index contributed by atoms with van der Waals surface area (Å²) >= 11 is 0. The van der Waals surface area contributed by atoms with Gasteiger partial charge < -0.3 is 0 Å². The first-order valence-corrected chi connectivity index (χ1v) is 16.0. The van der Waals surface area contributed by atoms with E-state index in [1.165, 1.54) is 49.7 Å². The van der Waals surface area contributed by atoms with Crippen LogP contribution in [-0.2, 0) is 5.41 Å². The zero-order valence-corrected chi connectivity index (χ0v) is 25.4. The van der Waals surface area contributed by atoms with Gasteiger partial charge in [0.2, 0.25) is 0 Å². The van der Waals surface area contributed by atoms with Gasteiger partial charge in [0.1, 0.15) is 0 Å². The summed E-state index contributed by atoms with van der Waals surface area (Å²) in [5.74, 6) is 5.54. The fraction of sp³-hybridized carbons (Fsp3) is 0.538. The second kappa shape index (κ2) is 12.0. The third-order valence-electron chi connectivity index (χ3n) is 10.8. The van der Waals surface area contributed by atoms with Crippen LogP contribution in [0.15, 0.2) is 84.9 Å². The second-order valence-electron chi connectivity index (χ2n) is 14.0. The zero-order valence-electron chi connectivity index (χ0n) is 25.4. The first-order valence-electron chi connectivity index (χ1n) is 16.0. The molecule has 0 nitrogen and oxygen atoms in total. The van der Waals surface area contributed by atoms with Gasteiger partial charge >= 0.3 is 0 Å². The summed E-state index contributed by atoms with van der Waals surface area (Å²) < 4.78 is 0. The van der Waals surface area contributed by atoms with Crippen molar-refractivity contribution in [3.05, 3.63) is 107 Å². The highest BCUT2D eigenvalue weighted by atomic mass is 14.5. The molecule has 0 aliphatic heterocycles. The molecule has 5 rings (SSSR count). The Morgan fingerprint density at radius 1 is 0.564 bits per heavy atom. The van der Waals surface area contributed by atoms with Gasteiger partial charge in [0, 0.05) is 5.41 Å². The average molecular weight is 521 g/mol. The number of hydrogen-bond acceptors (Lipinski definition) is 0. The molecule has 39 heavy (non-hydrogen) atoms. The van der Waals surface area contributed by atoms with E-state index in [2.05, 4.69) is 126 Å². The lowest BCUT2D eigenvalue weighted by molar-refractivity contribution is 0.101. The Morgan fingerprint density at radius 2 is 1.05 bits per heavy atom. The van der Waals surface area contributed by atoms with Crippen molar-refractivity contribution >= 4 is 0 Å². The minimum atomic E-state index is -0.162. The van der Waals surface area contributed by atoms with E-state index in [0.717, 1.165) is 17.8 Å². The van der Waals surface area contributed by atoms with Gasteiger partial charge in [0.25, 0.3) is 0 Å². The van der Waals surface area contributed by atoms with Gasteiger partial charge in [0.05, 0.1) is 0 Å². The summed E-state index contributed by atoms with van der Waals surface area (Å²) in [7, 11) is 0. The molecule has 3 aromatic carbocycles. The molecular weight excluding hydrogens is 468 g/mol. The summed E-state index contributed by atoms with van der Waals surface area (Å²) in [4.78, 5) is 0. The molecule has 2 aliphatic rings. The maximum Gasteiger partial charge on any atom is 0.0485 e. The normalized spacial score (nSPS) is 28.1. The molecular formula is C39H52. The Morgan fingerprint density at radius 3 is 1.62 bits per heavy atom. The molecule has 0 heteroatoms. The molecule has 0 radical (unpaired) electrons. The SMILES string of the molecule is CC1CCC(C(C)C)C(c2ccccc2C(c2ccccc2)(c2ccccc2)C2CC(C)CCC2C(C)C)C1. The van der Waals surface area contributed by atoms with Crippen LogP contribution in [0.3, 0.4) is 0 Å². The maximum absolute atomic E-state index is 2.54. The van der Waals surface area contributed by atoms with Crippen LogP contribution in [0.1, 0.15) is 108 Å². The van der Waals surface area contributed by atoms with Crippen LogP contribution < -0.4 is 0 Å². The molecule has 3 aromatic rings. The van der Waals surface area contributed by atoms with Crippen LogP contribution in [0.4, 0.5) is 0 Å². The van der Waals surface area contributed by atoms with Gasteiger partial charge in [-0.15, -0.1) is 0 Å². The minimum Gasteiger partial charge on any atom is -0.0625 e. The van der Waals surface area contributed by atoms with Gasteiger partial charge in [-0.05, 0) is 95.3 Å². The van der Waals surface area contributed by atoms with Gasteiger partial charge in [0.15, 0.2) is 0 Å². The Balaban J connectivity index is 1.85. The molecule has 2 fully saturated rings. The topological polar surface area (TPSA) is 0 Å². The average Bonchev–Trinajstić information content (AvgIpc) is 2.95. The predicted octanol–water partition coefficient (Wildman–Crippen LogP) is 10.9. The Hall–Kier alpha value is -2.34. The predicted molar refractivity (Wildman–Crippen MR) is 168 cm³/mol. The zero-order chi connectivity index (χ0) is 27.6. The van der Waals surface area contributed by atoms with Crippen LogP contribution in [0, 0.1) is 41.4 Å². The van der Waals surface area contributed by atoms with Crippen molar-refractivity contribution in [2.45, 2.75) is 91.4 Å². The largest absolute Gasteiger partial charge is 0.0625 e. The molecule has 0 bridgehead atoms. The van der Waals surface area contributed by atoms with Crippen molar-refractivity contribution in [2.24, 2.45) is 41.4 Å². The van der Waals surface area contributed by atoms with Crippen molar-refractivity contribution in [3.8, 4) is 0 Å². The molecule has 0 saturated heterocycles. The standard InChI is InChI=1S/C39H52/c1-27(2)33-23-21-29(5)25-36(33)35-19-13-14-20-37(35)39(31-15-9-7-10-16-31,32-17-11-8-12-18-32)38-26-30(6)22-24-34(38)28(3)4/h7-20,27-30,33-34,36,38H,21-26H2,1-6H3. The van der Waals surface area contributed by atoms with E-state index in [4.69, 9.17) is 0 Å². The lowest BCUT2D eigenvalue weighted by Crippen LogP contribution is -2.46. The molecule has 0 amide bonds. The first kappa shape index (κ1) is 28.2. The van der Waals surface area contributed by atoms with Gasteiger partial charge in [-0.2, -0.15) is 0 Å². The van der Waals surface area contributed by atoms with E-state index in [0.29, 0.717) is 29.6 Å².